The summed E-state index contributed by atoms with van der Waals surface area (Å²) in [6.07, 6.45) is 0. The van der Waals surface area contributed by atoms with E-state index >= 15 is 0 Å². The molecule has 0 atom stereocenters. The second-order valence-corrected chi connectivity index (χ2v) is 3.20. The lowest BCUT2D eigenvalue weighted by atomic mass is 10.0. The summed E-state index contributed by atoms with van der Waals surface area (Å²) in [5.41, 5.74) is 12.8. The second kappa shape index (κ2) is 2.93. The number of rotatable bonds is 1. The maximum atomic E-state index is 9.51. The number of phenols is 1. The van der Waals surface area contributed by atoms with Gasteiger partial charge in [0.1, 0.15) is 5.75 Å². The van der Waals surface area contributed by atoms with Crippen molar-refractivity contribution in [2.24, 2.45) is 0 Å². The summed E-state index contributed by atoms with van der Waals surface area (Å²) in [6.45, 7) is 3.96. The number of phenolic OH excluding ortho intramolecular Hbond substituents is 1. The van der Waals surface area contributed by atoms with Crippen molar-refractivity contribution in [3.63, 3.8) is 0 Å². The molecule has 1 aromatic carbocycles. The smallest absolute Gasteiger partial charge is 0.142 e. The molecule has 66 valence electrons. The molecule has 0 aliphatic carbocycles. The summed E-state index contributed by atoms with van der Waals surface area (Å²) in [5, 5.41) is 9.51. The van der Waals surface area contributed by atoms with E-state index in [1.165, 1.54) is 0 Å². The van der Waals surface area contributed by atoms with E-state index in [0.717, 1.165) is 5.56 Å². The van der Waals surface area contributed by atoms with Gasteiger partial charge in [0.25, 0.3) is 0 Å². The van der Waals surface area contributed by atoms with Crippen LogP contribution in [0.3, 0.4) is 0 Å². The van der Waals surface area contributed by atoms with Gasteiger partial charge < -0.3 is 16.6 Å². The molecule has 3 nitrogen and oxygen atoms in total. The van der Waals surface area contributed by atoms with Gasteiger partial charge in [-0.15, -0.1) is 0 Å². The zero-order valence-electron chi connectivity index (χ0n) is 7.33. The average molecular weight is 166 g/mol. The first-order valence-electron chi connectivity index (χ1n) is 3.90. The molecule has 12 heavy (non-hydrogen) atoms. The SMILES string of the molecule is CC(C)c1cc(N)cc(N)c1O. The normalized spacial score (nSPS) is 10.6. The fraction of sp³-hybridized carbons (Fsp3) is 0.333. The first kappa shape index (κ1) is 8.71. The first-order chi connectivity index (χ1) is 5.52. The van der Waals surface area contributed by atoms with Gasteiger partial charge in [-0.25, -0.2) is 0 Å². The number of benzene rings is 1. The Morgan fingerprint density at radius 2 is 1.83 bits per heavy atom. The van der Waals surface area contributed by atoms with Gasteiger partial charge in [0.05, 0.1) is 5.69 Å². The predicted octanol–water partition coefficient (Wildman–Crippen LogP) is 1.68. The molecule has 0 heterocycles. The van der Waals surface area contributed by atoms with Crippen LogP contribution in [0, 0.1) is 0 Å². The van der Waals surface area contributed by atoms with Gasteiger partial charge in [0, 0.05) is 11.3 Å². The fourth-order valence-corrected chi connectivity index (χ4v) is 1.14. The van der Waals surface area contributed by atoms with Gasteiger partial charge in [0.2, 0.25) is 0 Å². The summed E-state index contributed by atoms with van der Waals surface area (Å²) < 4.78 is 0. The van der Waals surface area contributed by atoms with Crippen LogP contribution in [0.4, 0.5) is 11.4 Å². The lowest BCUT2D eigenvalue weighted by Gasteiger charge is -2.10. The Balaban J connectivity index is 3.28. The third kappa shape index (κ3) is 1.44. The van der Waals surface area contributed by atoms with Crippen molar-refractivity contribution < 1.29 is 5.11 Å². The van der Waals surface area contributed by atoms with Crippen LogP contribution in [0.2, 0.25) is 0 Å². The molecule has 0 spiro atoms. The molecule has 0 aromatic heterocycles. The summed E-state index contributed by atoms with van der Waals surface area (Å²) in [4.78, 5) is 0. The molecular formula is C9H14N2O. The fourth-order valence-electron chi connectivity index (χ4n) is 1.14. The first-order valence-corrected chi connectivity index (χ1v) is 3.90. The van der Waals surface area contributed by atoms with Crippen molar-refractivity contribution in [2.45, 2.75) is 19.8 Å². The van der Waals surface area contributed by atoms with Crippen molar-refractivity contribution in [1.82, 2.24) is 0 Å². The standard InChI is InChI=1S/C9H14N2O/c1-5(2)7-3-6(10)4-8(11)9(7)12/h3-5,12H,10-11H2,1-2H3. The van der Waals surface area contributed by atoms with Crippen LogP contribution in [0.5, 0.6) is 5.75 Å². The molecule has 5 N–H and O–H groups in total. The second-order valence-electron chi connectivity index (χ2n) is 3.20. The minimum atomic E-state index is 0.152. The quantitative estimate of drug-likeness (QED) is 0.337. The highest BCUT2D eigenvalue weighted by molar-refractivity contribution is 5.64. The molecule has 0 fully saturated rings. The van der Waals surface area contributed by atoms with Crippen LogP contribution in [0.15, 0.2) is 12.1 Å². The van der Waals surface area contributed by atoms with Crippen LogP contribution in [0.25, 0.3) is 0 Å². The van der Waals surface area contributed by atoms with Gasteiger partial charge in [-0.05, 0) is 18.1 Å². The van der Waals surface area contributed by atoms with Crippen molar-refractivity contribution >= 4 is 11.4 Å². The molecule has 0 unspecified atom stereocenters. The van der Waals surface area contributed by atoms with E-state index in [2.05, 4.69) is 0 Å². The molecule has 0 saturated heterocycles. The largest absolute Gasteiger partial charge is 0.505 e. The Kier molecular flexibility index (Phi) is 2.13. The van der Waals surface area contributed by atoms with Gasteiger partial charge in [-0.2, -0.15) is 0 Å². The van der Waals surface area contributed by atoms with Crippen LogP contribution in [0.1, 0.15) is 25.3 Å². The summed E-state index contributed by atoms with van der Waals surface area (Å²) in [7, 11) is 0. The van der Waals surface area contributed by atoms with E-state index in [9.17, 15) is 5.11 Å². The third-order valence-corrected chi connectivity index (χ3v) is 1.81. The molecule has 1 aromatic rings. The molecule has 0 aliphatic heterocycles. The zero-order valence-corrected chi connectivity index (χ0v) is 7.33. The monoisotopic (exact) mass is 166 g/mol. The Hall–Kier alpha value is -1.38. The average Bonchev–Trinajstić information content (AvgIpc) is 1.96. The Labute approximate surface area is 72.0 Å². The highest BCUT2D eigenvalue weighted by Crippen LogP contribution is 2.32. The molecule has 0 radical (unpaired) electrons. The van der Waals surface area contributed by atoms with Crippen LogP contribution >= 0.6 is 0 Å². The van der Waals surface area contributed by atoms with Crippen LogP contribution in [-0.2, 0) is 0 Å². The number of nitrogens with two attached hydrogens (primary N) is 2. The lowest BCUT2D eigenvalue weighted by molar-refractivity contribution is 0.467. The third-order valence-electron chi connectivity index (χ3n) is 1.81. The highest BCUT2D eigenvalue weighted by Gasteiger charge is 2.09. The maximum absolute atomic E-state index is 9.51. The molecule has 1 rings (SSSR count). The number of nitrogen functional groups attached to an aromatic ring is 2. The van der Waals surface area contributed by atoms with E-state index in [1.807, 2.05) is 13.8 Å². The molecule has 0 amide bonds. The highest BCUT2D eigenvalue weighted by atomic mass is 16.3. The molecular weight excluding hydrogens is 152 g/mol. The van der Waals surface area contributed by atoms with Crippen LogP contribution in [-0.4, -0.2) is 5.11 Å². The summed E-state index contributed by atoms with van der Waals surface area (Å²) in [5.74, 6) is 0.384. The number of anilines is 2. The topological polar surface area (TPSA) is 72.3 Å². The summed E-state index contributed by atoms with van der Waals surface area (Å²) in [6, 6.07) is 3.30. The van der Waals surface area contributed by atoms with Crippen LogP contribution < -0.4 is 11.5 Å². The molecule has 3 heteroatoms. The van der Waals surface area contributed by atoms with Gasteiger partial charge in [0.15, 0.2) is 0 Å². The van der Waals surface area contributed by atoms with Crippen molar-refractivity contribution in [3.05, 3.63) is 17.7 Å². The predicted molar refractivity (Wildman–Crippen MR) is 51.0 cm³/mol. The summed E-state index contributed by atoms with van der Waals surface area (Å²) >= 11 is 0. The van der Waals surface area contributed by atoms with E-state index in [4.69, 9.17) is 11.5 Å². The lowest BCUT2D eigenvalue weighted by Crippen LogP contribution is -1.96. The van der Waals surface area contributed by atoms with E-state index in [0.29, 0.717) is 11.4 Å². The minimum Gasteiger partial charge on any atom is -0.505 e. The van der Waals surface area contributed by atoms with E-state index < -0.39 is 0 Å². The number of hydrogen-bond acceptors (Lipinski definition) is 3. The van der Waals surface area contributed by atoms with E-state index in [-0.39, 0.29) is 11.7 Å². The molecule has 0 saturated carbocycles. The van der Waals surface area contributed by atoms with Crippen molar-refractivity contribution in [2.75, 3.05) is 11.5 Å². The van der Waals surface area contributed by atoms with Gasteiger partial charge >= 0.3 is 0 Å². The Morgan fingerprint density at radius 1 is 1.25 bits per heavy atom. The maximum Gasteiger partial charge on any atom is 0.142 e. The van der Waals surface area contributed by atoms with Crippen molar-refractivity contribution in [1.29, 1.82) is 0 Å². The Morgan fingerprint density at radius 3 is 2.33 bits per heavy atom. The van der Waals surface area contributed by atoms with Gasteiger partial charge in [-0.3, -0.25) is 0 Å². The molecule has 0 bridgehead atoms. The van der Waals surface area contributed by atoms with Gasteiger partial charge in [-0.1, -0.05) is 13.8 Å². The van der Waals surface area contributed by atoms with E-state index in [1.54, 1.807) is 12.1 Å². The van der Waals surface area contributed by atoms with Crippen molar-refractivity contribution in [3.8, 4) is 5.75 Å². The molecule has 0 aliphatic rings. The Bertz CT molecular complexity index is 295. The minimum absolute atomic E-state index is 0.152. The number of aromatic hydroxyl groups is 1. The zero-order chi connectivity index (χ0) is 9.30. The number of hydrogen-bond donors (Lipinski definition) is 3.